The topological polar surface area (TPSA) is 56.3 Å². The van der Waals surface area contributed by atoms with E-state index >= 15 is 0 Å². The third-order valence-electron chi connectivity index (χ3n) is 8.10. The molecule has 2 N–H and O–H groups in total. The van der Waals surface area contributed by atoms with Crippen molar-refractivity contribution in [3.63, 3.8) is 0 Å². The maximum atomic E-state index is 13.5. The molecule has 6 rings (SSSR count). The van der Waals surface area contributed by atoms with Crippen molar-refractivity contribution in [2.45, 2.75) is 50.2 Å². The summed E-state index contributed by atoms with van der Waals surface area (Å²) in [5.41, 5.74) is 2.46. The quantitative estimate of drug-likeness (QED) is 0.667. The fraction of sp³-hybridized carbons (Fsp3) is 0.480. The van der Waals surface area contributed by atoms with E-state index in [2.05, 4.69) is 17.1 Å². The van der Waals surface area contributed by atoms with E-state index in [0.717, 1.165) is 59.5 Å². The number of H-pyrrole nitrogens is 1. The number of nitrogens with one attached hydrogen (secondary N) is 1. The molecule has 0 radical (unpaired) electrons. The van der Waals surface area contributed by atoms with Gasteiger partial charge in [0.05, 0.1) is 5.60 Å². The average Bonchev–Trinajstić information content (AvgIpc) is 3.16. The predicted octanol–water partition coefficient (Wildman–Crippen LogP) is 4.72. The number of carbonyl (C=O) groups excluding carboxylic acids is 1. The molecule has 3 fully saturated rings. The molecule has 3 saturated carbocycles. The molecule has 1 amide bonds. The fourth-order valence-electron chi connectivity index (χ4n) is 6.91. The lowest BCUT2D eigenvalue weighted by Crippen LogP contribution is -2.43. The van der Waals surface area contributed by atoms with Crippen LogP contribution in [0.25, 0.3) is 21.8 Å². The Labute approximate surface area is 170 Å². The summed E-state index contributed by atoms with van der Waals surface area (Å²) in [6, 6.07) is 14.5. The lowest BCUT2D eigenvalue weighted by molar-refractivity contribution is -0.00803. The van der Waals surface area contributed by atoms with E-state index in [-0.39, 0.29) is 11.9 Å². The standard InChI is InChI=1S/C25H28N2O2/c1-27(23-9-6-15-10-17-13-25(29,12-15)14-20(17)23)24(28)16-7-8-22-19(11-16)18-4-2-3-5-21(18)26-22/h2-5,7-8,11,15,17,20,23,26,29H,6,9-10,12-14H2,1H3. The third-order valence-corrected chi connectivity index (χ3v) is 8.10. The third kappa shape index (κ3) is 2.65. The zero-order valence-electron chi connectivity index (χ0n) is 16.9. The molecule has 5 unspecified atom stereocenters. The minimum atomic E-state index is -0.468. The van der Waals surface area contributed by atoms with Gasteiger partial charge < -0.3 is 15.0 Å². The van der Waals surface area contributed by atoms with Crippen LogP contribution < -0.4 is 0 Å². The van der Waals surface area contributed by atoms with Crippen molar-refractivity contribution in [3.8, 4) is 0 Å². The Hall–Kier alpha value is -2.33. The minimum Gasteiger partial charge on any atom is -0.390 e. The van der Waals surface area contributed by atoms with E-state index in [1.54, 1.807) is 0 Å². The summed E-state index contributed by atoms with van der Waals surface area (Å²) in [5.74, 6) is 1.77. The first-order valence-electron chi connectivity index (χ1n) is 11.0. The molecule has 3 aliphatic carbocycles. The minimum absolute atomic E-state index is 0.107. The molecule has 29 heavy (non-hydrogen) atoms. The van der Waals surface area contributed by atoms with Crippen molar-refractivity contribution >= 4 is 27.7 Å². The molecule has 4 heteroatoms. The maximum absolute atomic E-state index is 13.5. The number of nitrogens with zero attached hydrogens (tertiary/aromatic N) is 1. The van der Waals surface area contributed by atoms with Gasteiger partial charge in [0.25, 0.3) is 5.91 Å². The monoisotopic (exact) mass is 388 g/mol. The number of fused-ring (bicyclic) bond motifs is 5. The lowest BCUT2D eigenvalue weighted by Gasteiger charge is -2.36. The van der Waals surface area contributed by atoms with Gasteiger partial charge >= 0.3 is 0 Å². The van der Waals surface area contributed by atoms with Crippen molar-refractivity contribution in [2.24, 2.45) is 17.8 Å². The molecular weight excluding hydrogens is 360 g/mol. The van der Waals surface area contributed by atoms with Crippen molar-refractivity contribution in [1.82, 2.24) is 9.88 Å². The normalized spacial score (nSPS) is 33.3. The van der Waals surface area contributed by atoms with Crippen molar-refractivity contribution in [1.29, 1.82) is 0 Å². The van der Waals surface area contributed by atoms with Gasteiger partial charge in [-0.05, 0) is 80.5 Å². The fourth-order valence-corrected chi connectivity index (χ4v) is 6.91. The number of rotatable bonds is 2. The Morgan fingerprint density at radius 3 is 2.79 bits per heavy atom. The van der Waals surface area contributed by atoms with Crippen LogP contribution in [0.15, 0.2) is 42.5 Å². The van der Waals surface area contributed by atoms with Crippen molar-refractivity contribution in [2.75, 3.05) is 7.05 Å². The van der Waals surface area contributed by atoms with Crippen LogP contribution in [-0.2, 0) is 0 Å². The number of benzene rings is 2. The molecule has 3 bridgehead atoms. The van der Waals surface area contributed by atoms with Crippen LogP contribution in [0.1, 0.15) is 48.9 Å². The summed E-state index contributed by atoms with van der Waals surface area (Å²) in [6.07, 6.45) is 6.24. The van der Waals surface area contributed by atoms with Gasteiger partial charge in [0.2, 0.25) is 0 Å². The van der Waals surface area contributed by atoms with Gasteiger partial charge in [0.15, 0.2) is 0 Å². The number of amides is 1. The van der Waals surface area contributed by atoms with E-state index in [1.165, 1.54) is 6.42 Å². The van der Waals surface area contributed by atoms with Crippen LogP contribution in [0.2, 0.25) is 0 Å². The maximum Gasteiger partial charge on any atom is 0.253 e. The highest BCUT2D eigenvalue weighted by Crippen LogP contribution is 2.56. The van der Waals surface area contributed by atoms with E-state index in [9.17, 15) is 9.90 Å². The van der Waals surface area contributed by atoms with E-state index in [1.807, 2.05) is 42.3 Å². The molecule has 0 aliphatic heterocycles. The summed E-state index contributed by atoms with van der Waals surface area (Å²) < 4.78 is 0. The van der Waals surface area contributed by atoms with Gasteiger partial charge in [0, 0.05) is 40.5 Å². The van der Waals surface area contributed by atoms with E-state index < -0.39 is 5.60 Å². The van der Waals surface area contributed by atoms with Crippen molar-refractivity contribution < 1.29 is 9.90 Å². The Kier molecular flexibility index (Phi) is 3.68. The van der Waals surface area contributed by atoms with Crippen LogP contribution in [0.3, 0.4) is 0 Å². The summed E-state index contributed by atoms with van der Waals surface area (Å²) in [4.78, 5) is 18.9. The first-order valence-corrected chi connectivity index (χ1v) is 11.0. The first-order chi connectivity index (χ1) is 14.0. The molecule has 150 valence electrons. The van der Waals surface area contributed by atoms with Gasteiger partial charge in [-0.2, -0.15) is 0 Å². The van der Waals surface area contributed by atoms with Crippen LogP contribution in [0.4, 0.5) is 0 Å². The summed E-state index contributed by atoms with van der Waals surface area (Å²) in [5, 5.41) is 13.2. The van der Waals surface area contributed by atoms with Gasteiger partial charge in [-0.1, -0.05) is 18.2 Å². The number of aliphatic hydroxyl groups is 1. The largest absolute Gasteiger partial charge is 0.390 e. The molecule has 2 aromatic carbocycles. The lowest BCUT2D eigenvalue weighted by atomic mass is 9.77. The summed E-state index contributed by atoms with van der Waals surface area (Å²) >= 11 is 0. The van der Waals surface area contributed by atoms with E-state index in [0.29, 0.717) is 17.8 Å². The Balaban J connectivity index is 1.33. The van der Waals surface area contributed by atoms with Gasteiger partial charge in [-0.3, -0.25) is 4.79 Å². The molecule has 5 atom stereocenters. The Morgan fingerprint density at radius 1 is 1.07 bits per heavy atom. The first kappa shape index (κ1) is 17.5. The Morgan fingerprint density at radius 2 is 1.90 bits per heavy atom. The number of aromatic nitrogens is 1. The van der Waals surface area contributed by atoms with Crippen LogP contribution in [0.5, 0.6) is 0 Å². The highest BCUT2D eigenvalue weighted by Gasteiger charge is 2.54. The number of aromatic amines is 1. The molecule has 4 nitrogen and oxygen atoms in total. The summed E-state index contributed by atoms with van der Waals surface area (Å²) in [7, 11) is 1.97. The molecular formula is C25H28N2O2. The van der Waals surface area contributed by atoms with Gasteiger partial charge in [0.1, 0.15) is 0 Å². The molecule has 0 spiro atoms. The second-order valence-electron chi connectivity index (χ2n) is 9.85. The average molecular weight is 389 g/mol. The second kappa shape index (κ2) is 6.09. The highest BCUT2D eigenvalue weighted by atomic mass is 16.3. The Bertz CT molecular complexity index is 1120. The smallest absolute Gasteiger partial charge is 0.253 e. The molecule has 3 aromatic rings. The zero-order chi connectivity index (χ0) is 19.8. The van der Waals surface area contributed by atoms with Crippen molar-refractivity contribution in [3.05, 3.63) is 48.0 Å². The van der Waals surface area contributed by atoms with Gasteiger partial charge in [-0.15, -0.1) is 0 Å². The predicted molar refractivity (Wildman–Crippen MR) is 115 cm³/mol. The molecule has 1 heterocycles. The number of hydrogen-bond donors (Lipinski definition) is 2. The molecule has 1 aromatic heterocycles. The zero-order valence-corrected chi connectivity index (χ0v) is 16.9. The summed E-state index contributed by atoms with van der Waals surface area (Å²) in [6.45, 7) is 0. The van der Waals surface area contributed by atoms with Crippen LogP contribution in [0, 0.1) is 17.8 Å². The number of carbonyl (C=O) groups is 1. The highest BCUT2D eigenvalue weighted by molar-refractivity contribution is 6.09. The molecule has 0 saturated heterocycles. The van der Waals surface area contributed by atoms with Crippen LogP contribution >= 0.6 is 0 Å². The number of hydrogen-bond acceptors (Lipinski definition) is 2. The molecule has 3 aliphatic rings. The SMILES string of the molecule is CN(C(=O)c1ccc2[nH]c3ccccc3c2c1)C1CCC2CC3CC(O)(C2)CC31. The number of para-hydroxylation sites is 1. The van der Waals surface area contributed by atoms with Crippen LogP contribution in [-0.4, -0.2) is 39.6 Å². The second-order valence-corrected chi connectivity index (χ2v) is 9.85. The van der Waals surface area contributed by atoms with E-state index in [4.69, 9.17) is 0 Å². The van der Waals surface area contributed by atoms with Gasteiger partial charge in [-0.25, -0.2) is 0 Å².